The largest absolute Gasteiger partial charge is 0.339 e. The lowest BCUT2D eigenvalue weighted by Crippen LogP contribution is -2.15. The zero-order valence-corrected chi connectivity index (χ0v) is 15.4. The van der Waals surface area contributed by atoms with Gasteiger partial charge in [-0.1, -0.05) is 41.1 Å². The van der Waals surface area contributed by atoms with E-state index >= 15 is 0 Å². The average Bonchev–Trinajstić information content (AvgIpc) is 3.09. The normalized spacial score (nSPS) is 11.3. The number of nitrogens with two attached hydrogens (primary N) is 1. The van der Waals surface area contributed by atoms with Crippen LogP contribution in [0.3, 0.4) is 0 Å². The van der Waals surface area contributed by atoms with Crippen LogP contribution in [0.4, 0.5) is 5.69 Å². The summed E-state index contributed by atoms with van der Waals surface area (Å²) in [5, 5.41) is 11.6. The van der Waals surface area contributed by atoms with Crippen LogP contribution >= 0.6 is 0 Å². The Kier molecular flexibility index (Phi) is 5.33. The number of carbonyl (C=O) groups is 1. The lowest BCUT2D eigenvalue weighted by Gasteiger charge is -2.05. The lowest BCUT2D eigenvalue weighted by molar-refractivity contribution is -0.116. The number of rotatable bonds is 6. The van der Waals surface area contributed by atoms with Crippen molar-refractivity contribution in [3.05, 3.63) is 60.0 Å². The molecule has 0 aliphatic rings. The maximum absolute atomic E-state index is 12.1. The molecule has 0 aliphatic heterocycles. The van der Waals surface area contributed by atoms with Gasteiger partial charge in [0.05, 0.1) is 4.90 Å². The summed E-state index contributed by atoms with van der Waals surface area (Å²) in [6, 6.07) is 13.4. The van der Waals surface area contributed by atoms with Gasteiger partial charge in [-0.05, 0) is 25.1 Å². The molecular weight excluding hydrogens is 368 g/mol. The van der Waals surface area contributed by atoms with Gasteiger partial charge >= 0.3 is 0 Å². The summed E-state index contributed by atoms with van der Waals surface area (Å²) in [4.78, 5) is 16.3. The second-order valence-corrected chi connectivity index (χ2v) is 7.56. The molecule has 3 rings (SSSR count). The number of hydrogen-bond acceptors (Lipinski definition) is 6. The molecule has 1 heterocycles. The minimum absolute atomic E-state index is 0.0695. The van der Waals surface area contributed by atoms with E-state index in [1.807, 2.05) is 31.2 Å². The van der Waals surface area contributed by atoms with Crippen LogP contribution in [-0.2, 0) is 21.2 Å². The Morgan fingerprint density at radius 3 is 2.63 bits per heavy atom. The zero-order chi connectivity index (χ0) is 19.4. The summed E-state index contributed by atoms with van der Waals surface area (Å²) < 4.78 is 27.9. The first-order valence-electron chi connectivity index (χ1n) is 8.13. The Morgan fingerprint density at radius 2 is 1.93 bits per heavy atom. The third kappa shape index (κ3) is 4.99. The molecule has 27 heavy (non-hydrogen) atoms. The van der Waals surface area contributed by atoms with E-state index < -0.39 is 10.0 Å². The molecule has 0 saturated carbocycles. The summed E-state index contributed by atoms with van der Waals surface area (Å²) in [6.07, 6.45) is 0.370. The zero-order valence-electron chi connectivity index (χ0n) is 14.5. The average molecular weight is 386 g/mol. The first-order chi connectivity index (χ1) is 12.8. The van der Waals surface area contributed by atoms with Crippen molar-refractivity contribution in [1.82, 2.24) is 10.1 Å². The van der Waals surface area contributed by atoms with Crippen molar-refractivity contribution in [2.75, 3.05) is 5.32 Å². The summed E-state index contributed by atoms with van der Waals surface area (Å²) in [6.45, 7) is 1.99. The van der Waals surface area contributed by atoms with Crippen LogP contribution in [0.1, 0.15) is 17.9 Å². The number of sulfonamides is 1. The summed E-state index contributed by atoms with van der Waals surface area (Å²) in [7, 11) is -3.83. The fourth-order valence-corrected chi connectivity index (χ4v) is 2.93. The van der Waals surface area contributed by atoms with Crippen molar-refractivity contribution in [1.29, 1.82) is 0 Å². The number of aromatic nitrogens is 2. The maximum Gasteiger partial charge on any atom is 0.238 e. The number of hydrogen-bond donors (Lipinski definition) is 2. The highest BCUT2D eigenvalue weighted by Crippen LogP contribution is 2.17. The van der Waals surface area contributed by atoms with Crippen LogP contribution in [0.25, 0.3) is 11.4 Å². The van der Waals surface area contributed by atoms with Crippen molar-refractivity contribution in [2.24, 2.45) is 5.14 Å². The Labute approximate surface area is 156 Å². The molecule has 0 bridgehead atoms. The molecule has 2 aromatic carbocycles. The van der Waals surface area contributed by atoms with Crippen molar-refractivity contribution >= 4 is 21.6 Å². The minimum atomic E-state index is -3.83. The number of primary sulfonamides is 1. The van der Waals surface area contributed by atoms with Gasteiger partial charge in [0.1, 0.15) is 0 Å². The molecule has 0 aliphatic carbocycles. The van der Waals surface area contributed by atoms with Crippen LogP contribution in [0.2, 0.25) is 0 Å². The van der Waals surface area contributed by atoms with Gasteiger partial charge in [-0.2, -0.15) is 4.98 Å². The van der Waals surface area contributed by atoms with E-state index in [1.165, 1.54) is 18.2 Å². The third-order valence-corrected chi connectivity index (χ3v) is 4.70. The molecule has 3 aromatic rings. The highest BCUT2D eigenvalue weighted by Gasteiger charge is 2.12. The maximum atomic E-state index is 12.1. The first kappa shape index (κ1) is 18.7. The molecule has 0 atom stereocenters. The predicted molar refractivity (Wildman–Crippen MR) is 99.2 cm³/mol. The SMILES string of the molecule is Cc1ccc(-c2noc(CCC(=O)Nc3cccc(S(N)(=O)=O)c3)n2)cc1. The van der Waals surface area contributed by atoms with Gasteiger partial charge in [0.2, 0.25) is 27.6 Å². The number of anilines is 1. The molecule has 8 nitrogen and oxygen atoms in total. The van der Waals surface area contributed by atoms with E-state index in [0.717, 1.165) is 11.1 Å². The number of aryl methyl sites for hydroxylation is 2. The Balaban J connectivity index is 1.59. The van der Waals surface area contributed by atoms with Gasteiger partial charge in [-0.25, -0.2) is 13.6 Å². The number of amides is 1. The molecule has 0 unspecified atom stereocenters. The van der Waals surface area contributed by atoms with Gasteiger partial charge in [0, 0.05) is 24.1 Å². The molecule has 1 aromatic heterocycles. The summed E-state index contributed by atoms with van der Waals surface area (Å²) >= 11 is 0. The number of nitrogens with zero attached hydrogens (tertiary/aromatic N) is 2. The van der Waals surface area contributed by atoms with Gasteiger partial charge in [-0.15, -0.1) is 0 Å². The third-order valence-electron chi connectivity index (χ3n) is 3.79. The predicted octanol–water partition coefficient (Wildman–Crippen LogP) is 2.26. The monoisotopic (exact) mass is 386 g/mol. The van der Waals surface area contributed by atoms with E-state index in [-0.39, 0.29) is 23.6 Å². The van der Waals surface area contributed by atoms with E-state index in [4.69, 9.17) is 9.66 Å². The topological polar surface area (TPSA) is 128 Å². The number of benzene rings is 2. The van der Waals surface area contributed by atoms with Gasteiger partial charge in [-0.3, -0.25) is 4.79 Å². The van der Waals surface area contributed by atoms with Crippen molar-refractivity contribution in [2.45, 2.75) is 24.7 Å². The quantitative estimate of drug-likeness (QED) is 0.669. The smallest absolute Gasteiger partial charge is 0.238 e. The van der Waals surface area contributed by atoms with Crippen LogP contribution in [-0.4, -0.2) is 24.5 Å². The van der Waals surface area contributed by atoms with Gasteiger partial charge in [0.15, 0.2) is 0 Å². The molecular formula is C18H18N4O4S. The van der Waals surface area contributed by atoms with Gasteiger partial charge < -0.3 is 9.84 Å². The molecule has 0 radical (unpaired) electrons. The number of nitrogens with one attached hydrogen (secondary N) is 1. The lowest BCUT2D eigenvalue weighted by atomic mass is 10.1. The summed E-state index contributed by atoms with van der Waals surface area (Å²) in [5.41, 5.74) is 2.31. The molecule has 9 heteroatoms. The van der Waals surface area contributed by atoms with Crippen LogP contribution in [0.15, 0.2) is 57.9 Å². The van der Waals surface area contributed by atoms with Crippen LogP contribution in [0, 0.1) is 6.92 Å². The van der Waals surface area contributed by atoms with E-state index in [0.29, 0.717) is 17.4 Å². The van der Waals surface area contributed by atoms with E-state index in [1.54, 1.807) is 6.07 Å². The Morgan fingerprint density at radius 1 is 1.19 bits per heavy atom. The van der Waals surface area contributed by atoms with E-state index in [9.17, 15) is 13.2 Å². The fraction of sp³-hybridized carbons (Fsp3) is 0.167. The van der Waals surface area contributed by atoms with Crippen LogP contribution < -0.4 is 10.5 Å². The van der Waals surface area contributed by atoms with Crippen molar-refractivity contribution in [3.8, 4) is 11.4 Å². The molecule has 3 N–H and O–H groups in total. The molecule has 140 valence electrons. The highest BCUT2D eigenvalue weighted by atomic mass is 32.2. The highest BCUT2D eigenvalue weighted by molar-refractivity contribution is 7.89. The molecule has 0 saturated heterocycles. The summed E-state index contributed by atoms with van der Waals surface area (Å²) in [5.74, 6) is 0.502. The second kappa shape index (κ2) is 7.68. The van der Waals surface area contributed by atoms with E-state index in [2.05, 4.69) is 15.5 Å². The van der Waals surface area contributed by atoms with Crippen molar-refractivity contribution in [3.63, 3.8) is 0 Å². The standard InChI is InChI=1S/C18H18N4O4S/c1-12-5-7-13(8-6-12)18-21-17(26-22-18)10-9-16(23)20-14-3-2-4-15(11-14)27(19,24)25/h2-8,11H,9-10H2,1H3,(H,20,23)(H2,19,24,25). The number of carbonyl (C=O) groups excluding carboxylic acids is 1. The molecule has 0 fully saturated rings. The molecule has 1 amide bonds. The molecule has 0 spiro atoms. The first-order valence-corrected chi connectivity index (χ1v) is 9.68. The minimum Gasteiger partial charge on any atom is -0.339 e. The van der Waals surface area contributed by atoms with Crippen LogP contribution in [0.5, 0.6) is 0 Å². The van der Waals surface area contributed by atoms with Crippen molar-refractivity contribution < 1.29 is 17.7 Å². The second-order valence-electron chi connectivity index (χ2n) is 6.00. The Hall–Kier alpha value is -3.04. The Bertz CT molecular complexity index is 1060. The van der Waals surface area contributed by atoms with Gasteiger partial charge in [0.25, 0.3) is 0 Å². The fourth-order valence-electron chi connectivity index (χ4n) is 2.37.